The lowest BCUT2D eigenvalue weighted by Gasteiger charge is -2.31. The third-order valence-electron chi connectivity index (χ3n) is 5.79. The molecule has 0 spiro atoms. The number of benzene rings is 2. The van der Waals surface area contributed by atoms with Crippen LogP contribution >= 0.6 is 0 Å². The van der Waals surface area contributed by atoms with E-state index in [1.165, 1.54) is 24.6 Å². The van der Waals surface area contributed by atoms with Crippen molar-refractivity contribution in [2.45, 2.75) is 30.7 Å². The highest BCUT2D eigenvalue weighted by atomic mass is 32.2. The summed E-state index contributed by atoms with van der Waals surface area (Å²) in [6.45, 7) is 2.45. The monoisotopic (exact) mass is 462 g/mol. The van der Waals surface area contributed by atoms with E-state index < -0.39 is 10.0 Å². The van der Waals surface area contributed by atoms with Gasteiger partial charge >= 0.3 is 0 Å². The summed E-state index contributed by atoms with van der Waals surface area (Å²) in [5.41, 5.74) is 0.976. The highest BCUT2D eigenvalue weighted by Crippen LogP contribution is 2.32. The first kappa shape index (κ1) is 23.9. The summed E-state index contributed by atoms with van der Waals surface area (Å²) < 4.78 is 43.4. The van der Waals surface area contributed by atoms with Crippen LogP contribution in [0.15, 0.2) is 47.4 Å². The maximum atomic E-state index is 13.2. The number of piperidine rings is 1. The van der Waals surface area contributed by atoms with Crippen molar-refractivity contribution in [2.75, 3.05) is 34.4 Å². The van der Waals surface area contributed by atoms with Crippen LogP contribution in [0.3, 0.4) is 0 Å². The molecule has 1 fully saturated rings. The highest BCUT2D eigenvalue weighted by molar-refractivity contribution is 7.89. The quantitative estimate of drug-likeness (QED) is 0.648. The smallest absolute Gasteiger partial charge is 0.246 e. The molecule has 0 aliphatic carbocycles. The van der Waals surface area contributed by atoms with Gasteiger partial charge in [0.2, 0.25) is 15.9 Å². The number of rotatable bonds is 8. The first-order chi connectivity index (χ1) is 15.3. The average Bonchev–Trinajstić information content (AvgIpc) is 2.83. The van der Waals surface area contributed by atoms with E-state index in [-0.39, 0.29) is 41.6 Å². The van der Waals surface area contributed by atoms with Crippen LogP contribution < -0.4 is 19.5 Å². The molecule has 0 aromatic heterocycles. The van der Waals surface area contributed by atoms with Crippen molar-refractivity contribution in [3.05, 3.63) is 48.0 Å². The van der Waals surface area contributed by atoms with Crippen LogP contribution in [0, 0.1) is 5.92 Å². The van der Waals surface area contributed by atoms with Crippen LogP contribution in [0.4, 0.5) is 0 Å². The summed E-state index contributed by atoms with van der Waals surface area (Å²) >= 11 is 0. The minimum Gasteiger partial charge on any atom is -0.497 e. The summed E-state index contributed by atoms with van der Waals surface area (Å²) in [5.74, 6) is 1.15. The van der Waals surface area contributed by atoms with Crippen LogP contribution in [0.2, 0.25) is 0 Å². The number of nitrogens with zero attached hydrogens (tertiary/aromatic N) is 1. The van der Waals surface area contributed by atoms with Gasteiger partial charge in [0.1, 0.15) is 22.1 Å². The Morgan fingerprint density at radius 2 is 1.56 bits per heavy atom. The lowest BCUT2D eigenvalue weighted by atomic mass is 9.96. The zero-order chi connectivity index (χ0) is 23.3. The van der Waals surface area contributed by atoms with Gasteiger partial charge in [-0.15, -0.1) is 0 Å². The molecule has 0 radical (unpaired) electrons. The fourth-order valence-corrected chi connectivity index (χ4v) is 5.43. The van der Waals surface area contributed by atoms with Gasteiger partial charge in [0, 0.05) is 25.1 Å². The summed E-state index contributed by atoms with van der Waals surface area (Å²) in [7, 11) is 0.747. The third-order valence-corrected chi connectivity index (χ3v) is 7.71. The molecular formula is C23H30N2O6S. The fourth-order valence-electron chi connectivity index (χ4n) is 3.79. The zero-order valence-corrected chi connectivity index (χ0v) is 19.6. The minimum absolute atomic E-state index is 0.0652. The van der Waals surface area contributed by atoms with Gasteiger partial charge in [0.15, 0.2) is 0 Å². The largest absolute Gasteiger partial charge is 0.497 e. The van der Waals surface area contributed by atoms with Gasteiger partial charge in [0.05, 0.1) is 27.4 Å². The first-order valence-corrected chi connectivity index (χ1v) is 11.9. The molecule has 1 atom stereocenters. The van der Waals surface area contributed by atoms with E-state index in [9.17, 15) is 13.2 Å². The van der Waals surface area contributed by atoms with Gasteiger partial charge in [-0.3, -0.25) is 4.79 Å². The number of sulfonamides is 1. The molecule has 174 valence electrons. The Labute approximate surface area is 189 Å². The van der Waals surface area contributed by atoms with Crippen molar-refractivity contribution in [2.24, 2.45) is 5.92 Å². The number of hydrogen-bond donors (Lipinski definition) is 1. The van der Waals surface area contributed by atoms with E-state index in [2.05, 4.69) is 5.32 Å². The van der Waals surface area contributed by atoms with Crippen LogP contribution in [0.1, 0.15) is 31.4 Å². The topological polar surface area (TPSA) is 94.2 Å². The van der Waals surface area contributed by atoms with Crippen molar-refractivity contribution in [3.8, 4) is 17.2 Å². The molecule has 2 aromatic rings. The second-order valence-corrected chi connectivity index (χ2v) is 9.60. The second-order valence-electron chi connectivity index (χ2n) is 7.70. The fraction of sp³-hybridized carbons (Fsp3) is 0.435. The zero-order valence-electron chi connectivity index (χ0n) is 18.8. The Kier molecular flexibility index (Phi) is 7.63. The van der Waals surface area contributed by atoms with E-state index in [0.717, 1.165) is 11.3 Å². The maximum Gasteiger partial charge on any atom is 0.246 e. The molecule has 0 unspecified atom stereocenters. The number of carbonyl (C=O) groups is 1. The molecule has 9 heteroatoms. The lowest BCUT2D eigenvalue weighted by Crippen LogP contribution is -2.43. The molecule has 1 saturated heterocycles. The van der Waals surface area contributed by atoms with Crippen molar-refractivity contribution < 1.29 is 27.4 Å². The van der Waals surface area contributed by atoms with E-state index in [0.29, 0.717) is 18.6 Å². The molecule has 32 heavy (non-hydrogen) atoms. The molecule has 0 bridgehead atoms. The molecule has 1 amide bonds. The number of hydrogen-bond acceptors (Lipinski definition) is 6. The van der Waals surface area contributed by atoms with Crippen molar-refractivity contribution in [1.82, 2.24) is 9.62 Å². The normalized spacial score (nSPS) is 16.2. The van der Waals surface area contributed by atoms with Crippen molar-refractivity contribution >= 4 is 15.9 Å². The predicted octanol–water partition coefficient (Wildman–Crippen LogP) is 2.99. The molecule has 8 nitrogen and oxygen atoms in total. The Morgan fingerprint density at radius 1 is 0.969 bits per heavy atom. The Hall–Kier alpha value is -2.78. The highest BCUT2D eigenvalue weighted by Gasteiger charge is 2.34. The van der Waals surface area contributed by atoms with Gasteiger partial charge in [0.25, 0.3) is 0 Å². The number of carbonyl (C=O) groups excluding carboxylic acids is 1. The van der Waals surface area contributed by atoms with Gasteiger partial charge in [-0.1, -0.05) is 12.1 Å². The molecule has 1 aliphatic rings. The summed E-state index contributed by atoms with van der Waals surface area (Å²) in [5, 5.41) is 3.04. The SMILES string of the molecule is COc1ccc([C@H](C)NC(=O)C2CCN(S(=O)(=O)c3cc(OC)ccc3OC)CC2)cc1. The predicted molar refractivity (Wildman–Crippen MR) is 121 cm³/mol. The number of nitrogens with one attached hydrogen (secondary N) is 1. The summed E-state index contributed by atoms with van der Waals surface area (Å²) in [6, 6.07) is 12.1. The Bertz CT molecular complexity index is 1030. The lowest BCUT2D eigenvalue weighted by molar-refractivity contribution is -0.126. The maximum absolute atomic E-state index is 13.2. The van der Waals surface area contributed by atoms with Crippen molar-refractivity contribution in [3.63, 3.8) is 0 Å². The molecule has 1 aliphatic heterocycles. The van der Waals surface area contributed by atoms with Crippen LogP contribution in [0.25, 0.3) is 0 Å². The van der Waals surface area contributed by atoms with Crippen LogP contribution in [-0.2, 0) is 14.8 Å². The van der Waals surface area contributed by atoms with E-state index >= 15 is 0 Å². The van der Waals surface area contributed by atoms with E-state index in [1.54, 1.807) is 19.2 Å². The average molecular weight is 463 g/mol. The van der Waals surface area contributed by atoms with Crippen molar-refractivity contribution in [1.29, 1.82) is 0 Å². The standard InChI is InChI=1S/C23H30N2O6S/c1-16(17-5-7-19(29-2)8-6-17)24-23(26)18-11-13-25(14-12-18)32(27,28)22-15-20(30-3)9-10-21(22)31-4/h5-10,15-16,18H,11-14H2,1-4H3,(H,24,26)/t16-/m0/s1. The molecule has 2 aromatic carbocycles. The second kappa shape index (κ2) is 10.2. The van der Waals surface area contributed by atoms with Crippen LogP contribution in [0.5, 0.6) is 17.2 Å². The Morgan fingerprint density at radius 3 is 2.12 bits per heavy atom. The van der Waals surface area contributed by atoms with Crippen LogP contribution in [-0.4, -0.2) is 53.0 Å². The molecule has 0 saturated carbocycles. The van der Waals surface area contributed by atoms with Gasteiger partial charge in [-0.2, -0.15) is 4.31 Å². The number of amides is 1. The Balaban J connectivity index is 1.63. The third kappa shape index (κ3) is 5.16. The molecule has 1 heterocycles. The molecule has 1 N–H and O–H groups in total. The summed E-state index contributed by atoms with van der Waals surface area (Å²) in [6.07, 6.45) is 0.902. The summed E-state index contributed by atoms with van der Waals surface area (Å²) in [4.78, 5) is 12.8. The first-order valence-electron chi connectivity index (χ1n) is 10.5. The van der Waals surface area contributed by atoms with Gasteiger partial charge in [-0.05, 0) is 49.6 Å². The molecule has 3 rings (SSSR count). The van der Waals surface area contributed by atoms with Gasteiger partial charge in [-0.25, -0.2) is 8.42 Å². The minimum atomic E-state index is -3.77. The molecular weight excluding hydrogens is 432 g/mol. The van der Waals surface area contributed by atoms with Gasteiger partial charge < -0.3 is 19.5 Å². The number of ether oxygens (including phenoxy) is 3. The van der Waals surface area contributed by atoms with E-state index in [1.807, 2.05) is 31.2 Å². The number of methoxy groups -OCH3 is 3. The van der Waals surface area contributed by atoms with E-state index in [4.69, 9.17) is 14.2 Å².